The van der Waals surface area contributed by atoms with Gasteiger partial charge in [-0.15, -0.1) is 0 Å². The molecular formula is C21H19ClN4O3. The highest BCUT2D eigenvalue weighted by Gasteiger charge is 2.09. The summed E-state index contributed by atoms with van der Waals surface area (Å²) < 4.78 is 10.6. The molecule has 0 saturated heterocycles. The molecule has 0 unspecified atom stereocenters. The molecule has 2 aromatic carbocycles. The van der Waals surface area contributed by atoms with E-state index in [9.17, 15) is 4.79 Å². The molecule has 29 heavy (non-hydrogen) atoms. The van der Waals surface area contributed by atoms with Crippen LogP contribution >= 0.6 is 11.6 Å². The lowest BCUT2D eigenvalue weighted by Gasteiger charge is -2.06. The number of methoxy groups -OCH3 is 1. The first-order chi connectivity index (χ1) is 14.1. The van der Waals surface area contributed by atoms with Crippen molar-refractivity contribution in [3.8, 4) is 22.8 Å². The topological polar surface area (TPSA) is 85.7 Å². The number of rotatable bonds is 7. The molecule has 0 saturated carbocycles. The van der Waals surface area contributed by atoms with Gasteiger partial charge in [0, 0.05) is 16.1 Å². The van der Waals surface area contributed by atoms with E-state index in [0.29, 0.717) is 28.6 Å². The average molecular weight is 411 g/mol. The molecule has 0 radical (unpaired) electrons. The molecule has 3 aromatic rings. The van der Waals surface area contributed by atoms with E-state index in [1.165, 1.54) is 12.4 Å². The van der Waals surface area contributed by atoms with E-state index >= 15 is 0 Å². The maximum absolute atomic E-state index is 12.4. The third-order valence-corrected chi connectivity index (χ3v) is 4.25. The highest BCUT2D eigenvalue weighted by atomic mass is 35.5. The van der Waals surface area contributed by atoms with Crippen molar-refractivity contribution in [1.29, 1.82) is 0 Å². The number of hydrogen-bond donors (Lipinski definition) is 1. The average Bonchev–Trinajstić information content (AvgIpc) is 2.76. The molecule has 0 atom stereocenters. The van der Waals surface area contributed by atoms with Crippen LogP contribution < -0.4 is 14.9 Å². The lowest BCUT2D eigenvalue weighted by atomic mass is 10.1. The molecule has 0 fully saturated rings. The van der Waals surface area contributed by atoms with Crippen molar-refractivity contribution >= 4 is 23.7 Å². The summed E-state index contributed by atoms with van der Waals surface area (Å²) in [5, 5.41) is 4.43. The molecule has 8 heteroatoms. The summed E-state index contributed by atoms with van der Waals surface area (Å²) in [7, 11) is 1.56. The molecule has 3 rings (SSSR count). The van der Waals surface area contributed by atoms with Gasteiger partial charge >= 0.3 is 0 Å². The van der Waals surface area contributed by atoms with E-state index in [-0.39, 0.29) is 5.69 Å². The number of benzene rings is 2. The fourth-order valence-electron chi connectivity index (χ4n) is 2.47. The molecule has 148 valence electrons. The van der Waals surface area contributed by atoms with Gasteiger partial charge in [-0.05, 0) is 49.4 Å². The van der Waals surface area contributed by atoms with Crippen molar-refractivity contribution in [1.82, 2.24) is 15.4 Å². The predicted molar refractivity (Wildman–Crippen MR) is 112 cm³/mol. The first-order valence-corrected chi connectivity index (χ1v) is 9.20. The van der Waals surface area contributed by atoms with Crippen LogP contribution in [0.2, 0.25) is 5.02 Å². The maximum atomic E-state index is 12.4. The van der Waals surface area contributed by atoms with Gasteiger partial charge in [0.25, 0.3) is 5.91 Å². The Balaban J connectivity index is 1.71. The van der Waals surface area contributed by atoms with Gasteiger partial charge in [0.05, 0.1) is 38.0 Å². The van der Waals surface area contributed by atoms with Crippen molar-refractivity contribution in [2.75, 3.05) is 13.7 Å². The van der Waals surface area contributed by atoms with E-state index in [4.69, 9.17) is 21.1 Å². The highest BCUT2D eigenvalue weighted by molar-refractivity contribution is 6.33. The van der Waals surface area contributed by atoms with E-state index in [2.05, 4.69) is 20.5 Å². The summed E-state index contributed by atoms with van der Waals surface area (Å²) >= 11 is 6.11. The minimum absolute atomic E-state index is 0.144. The second-order valence-electron chi connectivity index (χ2n) is 5.83. The molecule has 7 nitrogen and oxygen atoms in total. The van der Waals surface area contributed by atoms with Gasteiger partial charge in [-0.2, -0.15) is 5.10 Å². The fourth-order valence-corrected chi connectivity index (χ4v) is 2.63. The zero-order chi connectivity index (χ0) is 20.6. The van der Waals surface area contributed by atoms with Crippen LogP contribution in [-0.4, -0.2) is 35.8 Å². The van der Waals surface area contributed by atoms with Crippen LogP contribution in [0.1, 0.15) is 23.0 Å². The Bertz CT molecular complexity index is 1020. The second kappa shape index (κ2) is 9.66. The van der Waals surface area contributed by atoms with Crippen molar-refractivity contribution in [3.05, 3.63) is 71.1 Å². The number of hydrogen-bond acceptors (Lipinski definition) is 6. The lowest BCUT2D eigenvalue weighted by Crippen LogP contribution is -2.19. The van der Waals surface area contributed by atoms with Gasteiger partial charge in [-0.3, -0.25) is 9.78 Å². The first kappa shape index (κ1) is 20.3. The van der Waals surface area contributed by atoms with Crippen molar-refractivity contribution in [2.45, 2.75) is 6.92 Å². The van der Waals surface area contributed by atoms with Gasteiger partial charge in [-0.25, -0.2) is 10.4 Å². The lowest BCUT2D eigenvalue weighted by molar-refractivity contribution is 0.0950. The van der Waals surface area contributed by atoms with Crippen LogP contribution in [0, 0.1) is 0 Å². The largest absolute Gasteiger partial charge is 0.497 e. The summed E-state index contributed by atoms with van der Waals surface area (Å²) in [6, 6.07) is 12.5. The number of hydrazone groups is 1. The Labute approximate surface area is 173 Å². The molecule has 0 aliphatic rings. The van der Waals surface area contributed by atoms with Crippen LogP contribution in [0.5, 0.6) is 11.5 Å². The molecule has 0 spiro atoms. The quantitative estimate of drug-likeness (QED) is 0.470. The van der Waals surface area contributed by atoms with Gasteiger partial charge in [0.15, 0.2) is 0 Å². The van der Waals surface area contributed by atoms with Gasteiger partial charge in [-0.1, -0.05) is 11.6 Å². The zero-order valence-corrected chi connectivity index (χ0v) is 16.7. The Hall–Kier alpha value is -3.45. The van der Waals surface area contributed by atoms with E-state index in [0.717, 1.165) is 11.3 Å². The molecule has 0 bridgehead atoms. The number of nitrogens with one attached hydrogen (secondary N) is 1. The Kier molecular flexibility index (Phi) is 6.76. The molecule has 1 aromatic heterocycles. The van der Waals surface area contributed by atoms with Crippen LogP contribution in [0.4, 0.5) is 0 Å². The van der Waals surface area contributed by atoms with Crippen LogP contribution in [0.3, 0.4) is 0 Å². The summed E-state index contributed by atoms with van der Waals surface area (Å²) in [4.78, 5) is 20.8. The zero-order valence-electron chi connectivity index (χ0n) is 15.9. The smallest absolute Gasteiger partial charge is 0.291 e. The number of carbonyl (C=O) groups is 1. The normalized spacial score (nSPS) is 10.7. The van der Waals surface area contributed by atoms with Crippen molar-refractivity contribution in [2.24, 2.45) is 5.10 Å². The molecule has 1 amide bonds. The summed E-state index contributed by atoms with van der Waals surface area (Å²) in [6.07, 6.45) is 4.40. The highest BCUT2D eigenvalue weighted by Crippen LogP contribution is 2.21. The number of aromatic nitrogens is 2. The van der Waals surface area contributed by atoms with E-state index < -0.39 is 5.91 Å². The van der Waals surface area contributed by atoms with Crippen molar-refractivity contribution < 1.29 is 14.3 Å². The minimum Gasteiger partial charge on any atom is -0.497 e. The first-order valence-electron chi connectivity index (χ1n) is 8.83. The fraction of sp³-hybridized carbons (Fsp3) is 0.143. The molecule has 1 N–H and O–H groups in total. The Morgan fingerprint density at radius 3 is 2.66 bits per heavy atom. The Morgan fingerprint density at radius 1 is 1.17 bits per heavy atom. The van der Waals surface area contributed by atoms with Crippen LogP contribution in [0.25, 0.3) is 11.3 Å². The number of nitrogens with zero attached hydrogens (tertiary/aromatic N) is 3. The predicted octanol–water partition coefficient (Wildman–Crippen LogP) is 3.97. The molecular weight excluding hydrogens is 392 g/mol. The SMILES string of the molecule is CCOc1ccc(-c2cncc(C(=O)NN=Cc3cc(OC)ccc3Cl)n2)cc1. The number of ether oxygens (including phenoxy) is 2. The summed E-state index contributed by atoms with van der Waals surface area (Å²) in [6.45, 7) is 2.52. The number of halogens is 1. The summed E-state index contributed by atoms with van der Waals surface area (Å²) in [5.74, 6) is 0.917. The third-order valence-electron chi connectivity index (χ3n) is 3.90. The second-order valence-corrected chi connectivity index (χ2v) is 6.24. The monoisotopic (exact) mass is 410 g/mol. The van der Waals surface area contributed by atoms with E-state index in [1.807, 2.05) is 31.2 Å². The van der Waals surface area contributed by atoms with Crippen LogP contribution in [-0.2, 0) is 0 Å². The van der Waals surface area contributed by atoms with Gasteiger partial charge < -0.3 is 9.47 Å². The molecule has 0 aliphatic heterocycles. The number of amides is 1. The maximum Gasteiger partial charge on any atom is 0.291 e. The van der Waals surface area contributed by atoms with E-state index in [1.54, 1.807) is 31.5 Å². The third kappa shape index (κ3) is 5.30. The minimum atomic E-state index is -0.486. The summed E-state index contributed by atoms with van der Waals surface area (Å²) in [5.41, 5.74) is 4.57. The van der Waals surface area contributed by atoms with Crippen LogP contribution in [0.15, 0.2) is 60.0 Å². The number of carbonyl (C=O) groups excluding carboxylic acids is 1. The van der Waals surface area contributed by atoms with Gasteiger partial charge in [0.1, 0.15) is 17.2 Å². The molecule has 1 heterocycles. The van der Waals surface area contributed by atoms with Crippen molar-refractivity contribution in [3.63, 3.8) is 0 Å². The van der Waals surface area contributed by atoms with Gasteiger partial charge in [0.2, 0.25) is 0 Å². The standard InChI is InChI=1S/C21H19ClN4O3/c1-3-29-16-6-4-14(5-7-16)19-12-23-13-20(25-19)21(27)26-24-11-15-10-17(28-2)8-9-18(15)22/h4-13H,3H2,1-2H3,(H,26,27). The molecule has 0 aliphatic carbocycles. The Morgan fingerprint density at radius 2 is 1.93 bits per heavy atom.